The summed E-state index contributed by atoms with van der Waals surface area (Å²) in [7, 11) is 1.66. The molecule has 0 bridgehead atoms. The molecule has 3 aromatic heterocycles. The van der Waals surface area contributed by atoms with Gasteiger partial charge in [0, 0.05) is 44.4 Å². The van der Waals surface area contributed by atoms with E-state index in [4.69, 9.17) is 4.74 Å². The molecule has 0 saturated carbocycles. The zero-order valence-corrected chi connectivity index (χ0v) is 18.7. The van der Waals surface area contributed by atoms with Gasteiger partial charge in [0.05, 0.1) is 10.4 Å². The summed E-state index contributed by atoms with van der Waals surface area (Å²) in [5.41, 5.74) is 1.77. The maximum atomic E-state index is 12.9. The van der Waals surface area contributed by atoms with Crippen molar-refractivity contribution < 1.29 is 14.3 Å². The van der Waals surface area contributed by atoms with Crippen LogP contribution in [0.2, 0.25) is 0 Å². The molecular weight excluding hydrogens is 414 g/mol. The van der Waals surface area contributed by atoms with Crippen LogP contribution in [-0.2, 0) is 11.3 Å². The van der Waals surface area contributed by atoms with Crippen LogP contribution < -0.4 is 5.32 Å². The lowest BCUT2D eigenvalue weighted by atomic mass is 10.1. The van der Waals surface area contributed by atoms with Gasteiger partial charge in [-0.3, -0.25) is 19.5 Å². The van der Waals surface area contributed by atoms with E-state index in [0.29, 0.717) is 40.7 Å². The molecule has 4 heterocycles. The van der Waals surface area contributed by atoms with Gasteiger partial charge < -0.3 is 9.64 Å². The summed E-state index contributed by atoms with van der Waals surface area (Å²) >= 11 is 1.44. The van der Waals surface area contributed by atoms with Gasteiger partial charge >= 0.3 is 0 Å². The zero-order valence-electron chi connectivity index (χ0n) is 17.9. The van der Waals surface area contributed by atoms with Crippen LogP contribution in [0, 0.1) is 6.92 Å². The molecule has 3 aromatic rings. The fraction of sp³-hybridized carbons (Fsp3) is 0.455. The van der Waals surface area contributed by atoms with E-state index in [1.54, 1.807) is 25.4 Å². The summed E-state index contributed by atoms with van der Waals surface area (Å²) in [5, 5.41) is 2.92. The van der Waals surface area contributed by atoms with Gasteiger partial charge in [-0.1, -0.05) is 0 Å². The predicted molar refractivity (Wildman–Crippen MR) is 121 cm³/mol. The van der Waals surface area contributed by atoms with Crippen LogP contribution in [0.15, 0.2) is 24.4 Å². The van der Waals surface area contributed by atoms with E-state index in [9.17, 15) is 9.59 Å². The average Bonchev–Trinajstić information content (AvgIpc) is 3.37. The van der Waals surface area contributed by atoms with Crippen molar-refractivity contribution in [2.45, 2.75) is 39.2 Å². The first-order valence-electron chi connectivity index (χ1n) is 10.6. The lowest BCUT2D eigenvalue weighted by Crippen LogP contribution is -2.35. The Bertz CT molecular complexity index is 1080. The van der Waals surface area contributed by atoms with Crippen LogP contribution in [0.25, 0.3) is 11.2 Å². The van der Waals surface area contributed by atoms with E-state index >= 15 is 0 Å². The van der Waals surface area contributed by atoms with E-state index in [1.165, 1.54) is 17.8 Å². The number of carbonyl (C=O) groups excluding carboxylic acids is 2. The number of amides is 2. The maximum absolute atomic E-state index is 12.9. The lowest BCUT2D eigenvalue weighted by Gasteiger charge is -2.26. The third-order valence-electron chi connectivity index (χ3n) is 5.39. The Morgan fingerprint density at radius 3 is 2.74 bits per heavy atom. The first-order chi connectivity index (χ1) is 15.1. The number of hydrogen-bond donors (Lipinski definition) is 1. The fourth-order valence-electron chi connectivity index (χ4n) is 3.80. The Morgan fingerprint density at radius 1 is 1.23 bits per heavy atom. The van der Waals surface area contributed by atoms with Crippen molar-refractivity contribution in [1.29, 1.82) is 0 Å². The second kappa shape index (κ2) is 9.57. The van der Waals surface area contributed by atoms with E-state index < -0.39 is 0 Å². The number of likely N-dealkylation sites (tertiary alicyclic amines) is 1. The van der Waals surface area contributed by atoms with Crippen molar-refractivity contribution in [3.05, 3.63) is 39.7 Å². The van der Waals surface area contributed by atoms with Crippen LogP contribution in [-0.4, -0.2) is 58.1 Å². The Kier molecular flexibility index (Phi) is 6.62. The highest BCUT2D eigenvalue weighted by Gasteiger charge is 2.21. The van der Waals surface area contributed by atoms with Crippen LogP contribution >= 0.6 is 11.3 Å². The normalized spacial score (nSPS) is 14.2. The summed E-state index contributed by atoms with van der Waals surface area (Å²) < 4.78 is 7.05. The Hall–Kier alpha value is -2.78. The van der Waals surface area contributed by atoms with Gasteiger partial charge in [0.15, 0.2) is 5.65 Å². The number of hydrogen-bond acceptors (Lipinski definition) is 6. The largest absolute Gasteiger partial charge is 0.385 e. The highest BCUT2D eigenvalue weighted by molar-refractivity contribution is 7.14. The minimum absolute atomic E-state index is 0.0114. The molecule has 0 aliphatic carbocycles. The van der Waals surface area contributed by atoms with Gasteiger partial charge in [-0.05, 0) is 50.8 Å². The van der Waals surface area contributed by atoms with E-state index in [1.807, 2.05) is 22.5 Å². The van der Waals surface area contributed by atoms with Gasteiger partial charge in [0.1, 0.15) is 5.52 Å². The van der Waals surface area contributed by atoms with Crippen LogP contribution in [0.4, 0.5) is 5.95 Å². The fourth-order valence-corrected chi connectivity index (χ4v) is 4.56. The number of piperidine rings is 1. The molecule has 4 rings (SSSR count). The summed E-state index contributed by atoms with van der Waals surface area (Å²) in [5.74, 6) is 0.214. The first kappa shape index (κ1) is 21.5. The van der Waals surface area contributed by atoms with E-state index in [0.717, 1.165) is 37.2 Å². The van der Waals surface area contributed by atoms with Crippen molar-refractivity contribution in [2.24, 2.45) is 0 Å². The van der Waals surface area contributed by atoms with Gasteiger partial charge in [0.2, 0.25) is 5.95 Å². The molecule has 164 valence electrons. The second-order valence-corrected chi connectivity index (χ2v) is 9.01. The quantitative estimate of drug-likeness (QED) is 0.565. The van der Waals surface area contributed by atoms with Crippen LogP contribution in [0.3, 0.4) is 0 Å². The highest BCUT2D eigenvalue weighted by atomic mass is 32.1. The standard InChI is InChI=1S/C22H27N5O3S/c1-15-7-8-18(31-15)20(28)25-22-24-17-13-16(21(29)26-9-4-3-5-10-26)14-23-19(17)27(22)11-6-12-30-2/h7-8,13-14H,3-6,9-12H2,1-2H3,(H,24,25,28). The number of aryl methyl sites for hydroxylation is 2. The summed E-state index contributed by atoms with van der Waals surface area (Å²) in [6.45, 7) is 4.71. The number of nitrogens with one attached hydrogen (secondary N) is 1. The third-order valence-corrected chi connectivity index (χ3v) is 6.39. The molecule has 1 fully saturated rings. The van der Waals surface area contributed by atoms with Gasteiger partial charge in [0.25, 0.3) is 11.8 Å². The molecule has 0 radical (unpaired) electrons. The third kappa shape index (κ3) is 4.77. The second-order valence-electron chi connectivity index (χ2n) is 7.72. The number of aromatic nitrogens is 3. The molecule has 9 heteroatoms. The summed E-state index contributed by atoms with van der Waals surface area (Å²) in [6.07, 6.45) is 5.60. The number of thiophene rings is 1. The van der Waals surface area contributed by atoms with Gasteiger partial charge in [-0.2, -0.15) is 0 Å². The maximum Gasteiger partial charge on any atom is 0.268 e. The molecule has 31 heavy (non-hydrogen) atoms. The molecule has 1 N–H and O–H groups in total. The number of pyridine rings is 1. The van der Waals surface area contributed by atoms with Crippen LogP contribution in [0.5, 0.6) is 0 Å². The molecule has 2 amide bonds. The molecule has 8 nitrogen and oxygen atoms in total. The monoisotopic (exact) mass is 441 g/mol. The lowest BCUT2D eigenvalue weighted by molar-refractivity contribution is 0.0724. The number of anilines is 1. The smallest absolute Gasteiger partial charge is 0.268 e. The van der Waals surface area contributed by atoms with E-state index in [2.05, 4.69) is 15.3 Å². The van der Waals surface area contributed by atoms with Crippen LogP contribution in [0.1, 0.15) is 50.6 Å². The molecular formula is C22H27N5O3S. The minimum Gasteiger partial charge on any atom is -0.385 e. The van der Waals surface area contributed by atoms with Crippen molar-refractivity contribution in [2.75, 3.05) is 32.1 Å². The average molecular weight is 442 g/mol. The minimum atomic E-state index is -0.203. The number of ether oxygens (including phenoxy) is 1. The molecule has 1 aliphatic heterocycles. The summed E-state index contributed by atoms with van der Waals surface area (Å²) in [4.78, 5) is 38.3. The number of fused-ring (bicyclic) bond motifs is 1. The summed E-state index contributed by atoms with van der Waals surface area (Å²) in [6, 6.07) is 5.50. The molecule has 1 aliphatic rings. The number of methoxy groups -OCH3 is 1. The predicted octanol–water partition coefficient (Wildman–Crippen LogP) is 3.72. The molecule has 0 atom stereocenters. The van der Waals surface area contributed by atoms with Gasteiger partial charge in [-0.25, -0.2) is 9.97 Å². The molecule has 0 unspecified atom stereocenters. The number of carbonyl (C=O) groups is 2. The van der Waals surface area contributed by atoms with Crippen molar-refractivity contribution in [3.63, 3.8) is 0 Å². The Morgan fingerprint density at radius 2 is 2.03 bits per heavy atom. The number of imidazole rings is 1. The van der Waals surface area contributed by atoms with Crippen molar-refractivity contribution in [3.8, 4) is 0 Å². The number of nitrogens with zero attached hydrogens (tertiary/aromatic N) is 4. The first-order valence-corrected chi connectivity index (χ1v) is 11.4. The van der Waals surface area contributed by atoms with Crippen molar-refractivity contribution in [1.82, 2.24) is 19.4 Å². The topological polar surface area (TPSA) is 89.3 Å². The zero-order chi connectivity index (χ0) is 21.8. The number of rotatable bonds is 7. The molecule has 0 aromatic carbocycles. The SMILES string of the molecule is COCCCn1c(NC(=O)c2ccc(C)s2)nc2cc(C(=O)N3CCCCC3)cnc21. The molecule has 0 spiro atoms. The Balaban J connectivity index is 1.63. The molecule has 1 saturated heterocycles. The van der Waals surface area contributed by atoms with Crippen molar-refractivity contribution >= 4 is 40.3 Å². The Labute approximate surface area is 185 Å². The van der Waals surface area contributed by atoms with Gasteiger partial charge in [-0.15, -0.1) is 11.3 Å². The van der Waals surface area contributed by atoms with E-state index in [-0.39, 0.29) is 11.8 Å². The highest BCUT2D eigenvalue weighted by Crippen LogP contribution is 2.23.